The number of aromatic carboxylic acids is 1. The van der Waals surface area contributed by atoms with E-state index in [1.165, 1.54) is 6.07 Å². The molecular weight excluding hydrogens is 344 g/mol. The lowest BCUT2D eigenvalue weighted by molar-refractivity contribution is 0.0699. The Labute approximate surface area is 127 Å². The Morgan fingerprint density at radius 3 is 2.85 bits per heavy atom. The minimum Gasteiger partial charge on any atom is -0.478 e. The molecule has 0 bridgehead atoms. The van der Waals surface area contributed by atoms with Crippen LogP contribution in [0.5, 0.6) is 0 Å². The molecule has 100 valence electrons. The van der Waals surface area contributed by atoms with Gasteiger partial charge >= 0.3 is 5.97 Å². The van der Waals surface area contributed by atoms with Crippen molar-refractivity contribution in [2.45, 2.75) is 0 Å². The average molecular weight is 352 g/mol. The molecule has 2 aromatic carbocycles. The SMILES string of the molecule is O=C(O)c1cccc2c1ncn2-c1cc(Cl)ccc1Br. The summed E-state index contributed by atoms with van der Waals surface area (Å²) in [5, 5.41) is 9.78. The van der Waals surface area contributed by atoms with Crippen LogP contribution in [0.2, 0.25) is 5.02 Å². The van der Waals surface area contributed by atoms with Crippen LogP contribution in [0.1, 0.15) is 10.4 Å². The van der Waals surface area contributed by atoms with Crippen LogP contribution < -0.4 is 0 Å². The summed E-state index contributed by atoms with van der Waals surface area (Å²) in [7, 11) is 0. The third-order valence-corrected chi connectivity index (χ3v) is 3.88. The first-order valence-corrected chi connectivity index (χ1v) is 6.90. The van der Waals surface area contributed by atoms with Crippen molar-refractivity contribution in [3.05, 3.63) is 57.8 Å². The lowest BCUT2D eigenvalue weighted by atomic mass is 10.2. The first-order valence-electron chi connectivity index (χ1n) is 5.72. The Balaban J connectivity index is 2.31. The Morgan fingerprint density at radius 1 is 1.30 bits per heavy atom. The zero-order chi connectivity index (χ0) is 14.3. The van der Waals surface area contributed by atoms with Crippen molar-refractivity contribution in [2.24, 2.45) is 0 Å². The monoisotopic (exact) mass is 350 g/mol. The molecular formula is C14H8BrClN2O2. The van der Waals surface area contributed by atoms with E-state index in [-0.39, 0.29) is 5.56 Å². The van der Waals surface area contributed by atoms with Crippen LogP contribution >= 0.6 is 27.5 Å². The van der Waals surface area contributed by atoms with Gasteiger partial charge in [-0.1, -0.05) is 17.7 Å². The summed E-state index contributed by atoms with van der Waals surface area (Å²) in [5.41, 5.74) is 2.15. The van der Waals surface area contributed by atoms with Gasteiger partial charge in [-0.05, 0) is 46.3 Å². The van der Waals surface area contributed by atoms with Crippen molar-refractivity contribution in [1.29, 1.82) is 0 Å². The number of para-hydroxylation sites is 1. The summed E-state index contributed by atoms with van der Waals surface area (Å²) in [6, 6.07) is 10.5. The molecule has 0 aliphatic heterocycles. The first-order chi connectivity index (χ1) is 9.58. The van der Waals surface area contributed by atoms with E-state index in [1.54, 1.807) is 29.1 Å². The molecule has 6 heteroatoms. The van der Waals surface area contributed by atoms with Crippen LogP contribution in [-0.2, 0) is 0 Å². The second kappa shape index (κ2) is 4.92. The third-order valence-electron chi connectivity index (χ3n) is 2.97. The molecule has 0 amide bonds. The fourth-order valence-electron chi connectivity index (χ4n) is 2.07. The molecule has 20 heavy (non-hydrogen) atoms. The van der Waals surface area contributed by atoms with Crippen molar-refractivity contribution in [3.63, 3.8) is 0 Å². The minimum absolute atomic E-state index is 0.180. The molecule has 0 radical (unpaired) electrons. The van der Waals surface area contributed by atoms with Gasteiger partial charge in [0.15, 0.2) is 0 Å². The third kappa shape index (κ3) is 2.09. The highest BCUT2D eigenvalue weighted by Gasteiger charge is 2.14. The van der Waals surface area contributed by atoms with E-state index in [2.05, 4.69) is 20.9 Å². The highest BCUT2D eigenvalue weighted by molar-refractivity contribution is 9.10. The Kier molecular flexibility index (Phi) is 3.23. The lowest BCUT2D eigenvalue weighted by Crippen LogP contribution is -1.98. The molecule has 3 rings (SSSR count). The second-order valence-electron chi connectivity index (χ2n) is 4.19. The molecule has 0 aliphatic carbocycles. The topological polar surface area (TPSA) is 55.1 Å². The summed E-state index contributed by atoms with van der Waals surface area (Å²) >= 11 is 9.48. The molecule has 3 aromatic rings. The molecule has 0 saturated heterocycles. The van der Waals surface area contributed by atoms with Gasteiger partial charge in [0.05, 0.1) is 16.8 Å². The zero-order valence-corrected chi connectivity index (χ0v) is 12.4. The summed E-state index contributed by atoms with van der Waals surface area (Å²) in [6.07, 6.45) is 1.59. The first kappa shape index (κ1) is 13.1. The van der Waals surface area contributed by atoms with Gasteiger partial charge in [0, 0.05) is 9.50 Å². The normalized spacial score (nSPS) is 10.9. The van der Waals surface area contributed by atoms with Crippen molar-refractivity contribution in [1.82, 2.24) is 9.55 Å². The largest absolute Gasteiger partial charge is 0.478 e. The number of carboxylic acid groups (broad SMARTS) is 1. The van der Waals surface area contributed by atoms with Gasteiger partial charge in [0.25, 0.3) is 0 Å². The Hall–Kier alpha value is -1.85. The van der Waals surface area contributed by atoms with Crippen LogP contribution in [0.4, 0.5) is 0 Å². The maximum atomic E-state index is 11.2. The zero-order valence-electron chi connectivity index (χ0n) is 10.0. The Bertz CT molecular complexity index is 829. The molecule has 0 aliphatic rings. The molecule has 1 N–H and O–H groups in total. The van der Waals surface area contributed by atoms with Crippen LogP contribution in [-0.4, -0.2) is 20.6 Å². The lowest BCUT2D eigenvalue weighted by Gasteiger charge is -2.07. The summed E-state index contributed by atoms with van der Waals surface area (Å²) < 4.78 is 2.65. The maximum Gasteiger partial charge on any atom is 0.337 e. The van der Waals surface area contributed by atoms with E-state index in [9.17, 15) is 9.90 Å². The van der Waals surface area contributed by atoms with Crippen molar-refractivity contribution in [3.8, 4) is 5.69 Å². The number of carbonyl (C=O) groups is 1. The fourth-order valence-corrected chi connectivity index (χ4v) is 2.68. The number of fused-ring (bicyclic) bond motifs is 1. The van der Waals surface area contributed by atoms with E-state index >= 15 is 0 Å². The quantitative estimate of drug-likeness (QED) is 0.755. The van der Waals surface area contributed by atoms with Crippen molar-refractivity contribution in [2.75, 3.05) is 0 Å². The molecule has 0 unspecified atom stereocenters. The molecule has 4 nitrogen and oxygen atoms in total. The highest BCUT2D eigenvalue weighted by Crippen LogP contribution is 2.28. The number of carboxylic acids is 1. The van der Waals surface area contributed by atoms with Gasteiger partial charge in [-0.15, -0.1) is 0 Å². The summed E-state index contributed by atoms with van der Waals surface area (Å²) in [6.45, 7) is 0. The van der Waals surface area contributed by atoms with Gasteiger partial charge in [-0.25, -0.2) is 9.78 Å². The van der Waals surface area contributed by atoms with E-state index in [0.29, 0.717) is 16.1 Å². The standard InChI is InChI=1S/C14H8BrClN2O2/c15-10-5-4-8(16)6-12(10)18-7-17-13-9(14(19)20)2-1-3-11(13)18/h1-7H,(H,19,20). The molecule has 0 atom stereocenters. The number of benzene rings is 2. The highest BCUT2D eigenvalue weighted by atomic mass is 79.9. The summed E-state index contributed by atoms with van der Waals surface area (Å²) in [5.74, 6) is -0.994. The van der Waals surface area contributed by atoms with Gasteiger partial charge in [0.2, 0.25) is 0 Å². The number of rotatable bonds is 2. The van der Waals surface area contributed by atoms with Gasteiger partial charge < -0.3 is 5.11 Å². The minimum atomic E-state index is -0.994. The van der Waals surface area contributed by atoms with Crippen LogP contribution in [0.15, 0.2) is 47.2 Å². The van der Waals surface area contributed by atoms with Gasteiger partial charge in [-0.2, -0.15) is 0 Å². The fraction of sp³-hybridized carbons (Fsp3) is 0. The van der Waals surface area contributed by atoms with Crippen molar-refractivity contribution >= 4 is 44.5 Å². The smallest absolute Gasteiger partial charge is 0.337 e. The van der Waals surface area contributed by atoms with Crippen LogP contribution in [0.25, 0.3) is 16.7 Å². The molecule has 0 fully saturated rings. The Morgan fingerprint density at radius 2 is 2.10 bits per heavy atom. The number of hydrogen-bond acceptors (Lipinski definition) is 2. The average Bonchev–Trinajstić information content (AvgIpc) is 2.85. The second-order valence-corrected chi connectivity index (χ2v) is 5.48. The summed E-state index contributed by atoms with van der Waals surface area (Å²) in [4.78, 5) is 15.4. The predicted molar refractivity (Wildman–Crippen MR) is 80.7 cm³/mol. The number of hydrogen-bond donors (Lipinski definition) is 1. The number of halogens is 2. The van der Waals surface area contributed by atoms with Gasteiger partial charge in [-0.3, -0.25) is 4.57 Å². The predicted octanol–water partition coefficient (Wildman–Crippen LogP) is 4.14. The molecule has 1 heterocycles. The number of nitrogens with zero attached hydrogens (tertiary/aromatic N) is 2. The van der Waals surface area contributed by atoms with Crippen LogP contribution in [0.3, 0.4) is 0 Å². The molecule has 1 aromatic heterocycles. The number of aromatic nitrogens is 2. The molecule has 0 spiro atoms. The van der Waals surface area contributed by atoms with E-state index in [1.807, 2.05) is 12.1 Å². The van der Waals surface area contributed by atoms with Gasteiger partial charge in [0.1, 0.15) is 11.8 Å². The van der Waals surface area contributed by atoms with Crippen molar-refractivity contribution < 1.29 is 9.90 Å². The maximum absolute atomic E-state index is 11.2. The van der Waals surface area contributed by atoms with Crippen LogP contribution in [0, 0.1) is 0 Å². The van der Waals surface area contributed by atoms with E-state index < -0.39 is 5.97 Å². The molecule has 0 saturated carbocycles. The van der Waals surface area contributed by atoms with E-state index in [0.717, 1.165) is 10.2 Å². The number of imidazole rings is 1. The van der Waals surface area contributed by atoms with E-state index in [4.69, 9.17) is 11.6 Å².